The molecule has 2 N–H and O–H groups in total. The van der Waals surface area contributed by atoms with Crippen LogP contribution in [0.25, 0.3) is 0 Å². The maximum atomic E-state index is 10.7. The molecule has 0 saturated heterocycles. The third-order valence-electron chi connectivity index (χ3n) is 1.04. The van der Waals surface area contributed by atoms with Crippen LogP contribution in [0.1, 0.15) is 6.92 Å². The van der Waals surface area contributed by atoms with Crippen molar-refractivity contribution in [2.75, 3.05) is 6.61 Å². The van der Waals surface area contributed by atoms with Gasteiger partial charge in [-0.3, -0.25) is 0 Å². The third kappa shape index (κ3) is 1.71. The Morgan fingerprint density at radius 1 is 1.67 bits per heavy atom. The quantitative estimate of drug-likeness (QED) is 0.318. The minimum Gasteiger partial charge on any atom is -0.478 e. The highest BCUT2D eigenvalue weighted by Gasteiger charge is 2.46. The highest BCUT2D eigenvalue weighted by Crippen LogP contribution is 2.05. The lowest BCUT2D eigenvalue weighted by Gasteiger charge is -2.11. The molecule has 0 aliphatic heterocycles. The summed E-state index contributed by atoms with van der Waals surface area (Å²) in [7, 11) is 0. The monoisotopic (exact) mass is 173 g/mol. The van der Waals surface area contributed by atoms with Gasteiger partial charge < -0.3 is 14.9 Å². The molecule has 0 aliphatic carbocycles. The van der Waals surface area contributed by atoms with Gasteiger partial charge >= 0.3 is 17.5 Å². The van der Waals surface area contributed by atoms with E-state index in [1.54, 1.807) is 0 Å². The van der Waals surface area contributed by atoms with Gasteiger partial charge in [0.2, 0.25) is 0 Å². The molecule has 0 radical (unpaired) electrons. The van der Waals surface area contributed by atoms with E-state index in [1.807, 2.05) is 0 Å². The number of aliphatic carboxylic acids is 1. The molecule has 6 nitrogen and oxygen atoms in total. The van der Waals surface area contributed by atoms with Crippen LogP contribution in [-0.4, -0.2) is 34.4 Å². The van der Waals surface area contributed by atoms with Crippen LogP contribution in [0.5, 0.6) is 0 Å². The Hall–Kier alpha value is -1.61. The van der Waals surface area contributed by atoms with Crippen LogP contribution in [0.3, 0.4) is 0 Å². The first-order chi connectivity index (χ1) is 5.49. The molecule has 0 fully saturated rings. The number of ether oxygens (including phenoxy) is 1. The molecule has 12 heavy (non-hydrogen) atoms. The molecule has 0 bridgehead atoms. The summed E-state index contributed by atoms with van der Waals surface area (Å²) in [5.41, 5.74) is -3.09. The van der Waals surface area contributed by atoms with Crippen LogP contribution in [0, 0.1) is 11.3 Å². The topological polar surface area (TPSA) is 108 Å². The molecule has 6 heteroatoms. The zero-order valence-corrected chi connectivity index (χ0v) is 6.27. The van der Waals surface area contributed by atoms with Crippen molar-refractivity contribution in [1.29, 1.82) is 5.26 Å². The number of nitrogens with zero attached hydrogens (tertiary/aromatic N) is 1. The standard InChI is InChI=1S/C6H7NO5/c1-2-12-5(10)6(11,3-7)4(8)9/h11H,2H2,1H3,(H,8,9). The molecule has 66 valence electrons. The Balaban J connectivity index is 4.67. The van der Waals surface area contributed by atoms with Gasteiger partial charge in [0.25, 0.3) is 0 Å². The predicted molar refractivity (Wildman–Crippen MR) is 34.8 cm³/mol. The summed E-state index contributed by atoms with van der Waals surface area (Å²) >= 11 is 0. The summed E-state index contributed by atoms with van der Waals surface area (Å²) in [6.07, 6.45) is 0. The summed E-state index contributed by atoms with van der Waals surface area (Å²) in [6.45, 7) is 1.33. The van der Waals surface area contributed by atoms with E-state index in [9.17, 15) is 9.59 Å². The lowest BCUT2D eigenvalue weighted by atomic mass is 10.1. The van der Waals surface area contributed by atoms with Crippen molar-refractivity contribution < 1.29 is 24.5 Å². The molecule has 0 aliphatic rings. The Labute approximate surface area is 68.0 Å². The normalized spacial score (nSPS) is 14.1. The van der Waals surface area contributed by atoms with Gasteiger partial charge in [0.15, 0.2) is 0 Å². The minimum absolute atomic E-state index is 0.101. The number of carbonyl (C=O) groups is 2. The van der Waals surface area contributed by atoms with Crippen molar-refractivity contribution in [2.45, 2.75) is 12.5 Å². The van der Waals surface area contributed by atoms with E-state index in [-0.39, 0.29) is 6.61 Å². The average Bonchev–Trinajstić information content (AvgIpc) is 2.03. The molecule has 0 aromatic heterocycles. The molecule has 0 aromatic rings. The van der Waals surface area contributed by atoms with Gasteiger partial charge in [0.1, 0.15) is 6.07 Å². The fourth-order valence-electron chi connectivity index (χ4n) is 0.416. The van der Waals surface area contributed by atoms with Crippen LogP contribution >= 0.6 is 0 Å². The molecule has 0 amide bonds. The van der Waals surface area contributed by atoms with Crippen molar-refractivity contribution in [2.24, 2.45) is 0 Å². The summed E-state index contributed by atoms with van der Waals surface area (Å²) in [4.78, 5) is 20.9. The predicted octanol–water partition coefficient (Wildman–Crippen LogP) is -1.11. The van der Waals surface area contributed by atoms with E-state index in [2.05, 4.69) is 4.74 Å². The number of nitriles is 1. The third-order valence-corrected chi connectivity index (χ3v) is 1.04. The molecule has 0 aromatic carbocycles. The lowest BCUT2D eigenvalue weighted by molar-refractivity contribution is -0.172. The number of aliphatic hydroxyl groups is 1. The van der Waals surface area contributed by atoms with Crippen molar-refractivity contribution in [1.82, 2.24) is 0 Å². The second-order valence-corrected chi connectivity index (χ2v) is 1.85. The number of hydrogen-bond donors (Lipinski definition) is 2. The summed E-state index contributed by atoms with van der Waals surface area (Å²) in [5, 5.41) is 25.3. The number of carboxylic acid groups (broad SMARTS) is 1. The van der Waals surface area contributed by atoms with Crippen molar-refractivity contribution >= 4 is 11.9 Å². The Morgan fingerprint density at radius 3 is 2.42 bits per heavy atom. The molecule has 0 heterocycles. The van der Waals surface area contributed by atoms with Crippen molar-refractivity contribution in [3.05, 3.63) is 0 Å². The van der Waals surface area contributed by atoms with Crippen LogP contribution in [0.15, 0.2) is 0 Å². The number of hydrogen-bond acceptors (Lipinski definition) is 5. The first kappa shape index (κ1) is 10.4. The minimum atomic E-state index is -3.09. The van der Waals surface area contributed by atoms with Gasteiger partial charge in [0.05, 0.1) is 6.61 Å². The van der Waals surface area contributed by atoms with Crippen LogP contribution < -0.4 is 0 Å². The molecule has 0 saturated carbocycles. The molecular formula is C6H7NO5. The highest BCUT2D eigenvalue weighted by molar-refractivity contribution is 6.05. The van der Waals surface area contributed by atoms with Gasteiger partial charge in [-0.1, -0.05) is 0 Å². The Bertz CT molecular complexity index is 243. The van der Waals surface area contributed by atoms with E-state index < -0.39 is 17.5 Å². The van der Waals surface area contributed by atoms with E-state index in [0.717, 1.165) is 6.07 Å². The molecule has 0 spiro atoms. The largest absolute Gasteiger partial charge is 0.478 e. The maximum Gasteiger partial charge on any atom is 0.365 e. The first-order valence-electron chi connectivity index (χ1n) is 3.03. The van der Waals surface area contributed by atoms with Crippen LogP contribution in [0.4, 0.5) is 0 Å². The van der Waals surface area contributed by atoms with Crippen LogP contribution in [-0.2, 0) is 14.3 Å². The smallest absolute Gasteiger partial charge is 0.365 e. The van der Waals surface area contributed by atoms with E-state index in [0.29, 0.717) is 0 Å². The van der Waals surface area contributed by atoms with Gasteiger partial charge in [-0.25, -0.2) is 9.59 Å². The first-order valence-corrected chi connectivity index (χ1v) is 3.03. The lowest BCUT2D eigenvalue weighted by Crippen LogP contribution is -2.46. The fourth-order valence-corrected chi connectivity index (χ4v) is 0.416. The average molecular weight is 173 g/mol. The second kappa shape index (κ2) is 3.69. The number of carbonyl (C=O) groups excluding carboxylic acids is 1. The number of esters is 1. The summed E-state index contributed by atoms with van der Waals surface area (Å²) in [5.74, 6) is -3.41. The Morgan fingerprint density at radius 2 is 2.17 bits per heavy atom. The van der Waals surface area contributed by atoms with Gasteiger partial charge in [-0.2, -0.15) is 5.26 Å². The maximum absolute atomic E-state index is 10.7. The van der Waals surface area contributed by atoms with Gasteiger partial charge in [-0.05, 0) is 6.92 Å². The van der Waals surface area contributed by atoms with Gasteiger partial charge in [-0.15, -0.1) is 0 Å². The fraction of sp³-hybridized carbons (Fsp3) is 0.500. The SMILES string of the molecule is CCOC(=O)C(O)(C#N)C(=O)O. The molecule has 1 unspecified atom stereocenters. The highest BCUT2D eigenvalue weighted by atomic mass is 16.6. The van der Waals surface area contributed by atoms with E-state index in [4.69, 9.17) is 15.5 Å². The summed E-state index contributed by atoms with van der Waals surface area (Å²) in [6, 6.07) is 0.944. The van der Waals surface area contributed by atoms with E-state index in [1.165, 1.54) is 6.92 Å². The Kier molecular flexibility index (Phi) is 3.19. The molecule has 1 atom stereocenters. The van der Waals surface area contributed by atoms with Crippen LogP contribution in [0.2, 0.25) is 0 Å². The second-order valence-electron chi connectivity index (χ2n) is 1.85. The molecular weight excluding hydrogens is 166 g/mol. The zero-order chi connectivity index (χ0) is 9.78. The number of carboxylic acids is 1. The number of rotatable bonds is 3. The zero-order valence-electron chi connectivity index (χ0n) is 6.27. The van der Waals surface area contributed by atoms with Crippen molar-refractivity contribution in [3.8, 4) is 6.07 Å². The summed E-state index contributed by atoms with van der Waals surface area (Å²) < 4.78 is 4.17. The van der Waals surface area contributed by atoms with E-state index >= 15 is 0 Å². The van der Waals surface area contributed by atoms with Gasteiger partial charge in [0, 0.05) is 0 Å². The van der Waals surface area contributed by atoms with Crippen molar-refractivity contribution in [3.63, 3.8) is 0 Å². The molecule has 0 rings (SSSR count).